The Morgan fingerprint density at radius 1 is 1.80 bits per heavy atom. The zero-order chi connectivity index (χ0) is 3.58. The van der Waals surface area contributed by atoms with E-state index >= 15 is 0 Å². The minimum absolute atomic E-state index is 0. The van der Waals surface area contributed by atoms with Gasteiger partial charge in [-0.15, -0.1) is 0 Å². The van der Waals surface area contributed by atoms with Crippen LogP contribution in [0.1, 0.15) is 6.92 Å². The summed E-state index contributed by atoms with van der Waals surface area (Å²) in [4.78, 5) is 0. The first-order valence-corrected chi connectivity index (χ1v) is 1.59. The maximum atomic E-state index is 9.39. The van der Waals surface area contributed by atoms with E-state index in [1.807, 2.05) is 0 Å². The van der Waals surface area contributed by atoms with Gasteiger partial charge in [-0.05, 0) is 0 Å². The van der Waals surface area contributed by atoms with Gasteiger partial charge in [0.05, 0.1) is 0 Å². The van der Waals surface area contributed by atoms with Crippen LogP contribution >= 0.6 is 12.6 Å². The molecule has 0 amide bonds. The number of quaternary nitrogens is 1. The minimum Gasteiger partial charge on any atom is -0.844 e. The molecular weight excluding hydrogens is 86.1 g/mol. The number of hydrogen-bond donors (Lipinski definition) is 2. The van der Waals surface area contributed by atoms with Crippen LogP contribution in [0.25, 0.3) is 0 Å². The van der Waals surface area contributed by atoms with E-state index < -0.39 is 5.44 Å². The molecule has 1 atom stereocenters. The van der Waals surface area contributed by atoms with Crippen LogP contribution in [0.15, 0.2) is 0 Å². The molecule has 34 valence electrons. The van der Waals surface area contributed by atoms with Crippen molar-refractivity contribution in [3.63, 3.8) is 0 Å². The Kier molecular flexibility index (Phi) is 7.67. The highest BCUT2D eigenvalue weighted by atomic mass is 32.1. The van der Waals surface area contributed by atoms with Crippen molar-refractivity contribution in [2.45, 2.75) is 12.4 Å². The van der Waals surface area contributed by atoms with Crippen LogP contribution in [0.4, 0.5) is 0 Å². The molecule has 0 fully saturated rings. The molecule has 3 heteroatoms. The fourth-order valence-electron chi connectivity index (χ4n) is 0. The Morgan fingerprint density at radius 2 is 1.80 bits per heavy atom. The van der Waals surface area contributed by atoms with E-state index in [4.69, 9.17) is 0 Å². The summed E-state index contributed by atoms with van der Waals surface area (Å²) in [5.74, 6) is 0. The van der Waals surface area contributed by atoms with Crippen molar-refractivity contribution in [2.24, 2.45) is 0 Å². The molecule has 0 spiro atoms. The Morgan fingerprint density at radius 3 is 1.80 bits per heavy atom. The van der Waals surface area contributed by atoms with Gasteiger partial charge in [0.25, 0.3) is 0 Å². The van der Waals surface area contributed by atoms with E-state index in [9.17, 15) is 5.11 Å². The standard InChI is InChI=1S/C2H5OS.H3N/c1-2(3)4;/h2,4H,1H3;1H3/q-1;/p+1. The fourth-order valence-corrected chi connectivity index (χ4v) is 0. The van der Waals surface area contributed by atoms with Gasteiger partial charge >= 0.3 is 0 Å². The minimum atomic E-state index is -0.722. The molecule has 0 aliphatic carbocycles. The lowest BCUT2D eigenvalue weighted by molar-refractivity contribution is -0.379. The molecule has 0 aromatic heterocycles. The van der Waals surface area contributed by atoms with E-state index in [0.29, 0.717) is 0 Å². The molecule has 5 heavy (non-hydrogen) atoms. The van der Waals surface area contributed by atoms with E-state index in [0.717, 1.165) is 0 Å². The van der Waals surface area contributed by atoms with Crippen LogP contribution in [-0.2, 0) is 0 Å². The second-order valence-electron chi connectivity index (χ2n) is 0.599. The first-order chi connectivity index (χ1) is 1.73. The first-order valence-electron chi connectivity index (χ1n) is 1.07. The predicted molar refractivity (Wildman–Crippen MR) is 24.4 cm³/mol. The highest BCUT2D eigenvalue weighted by Crippen LogP contribution is 1.72. The third-order valence-electron chi connectivity index (χ3n) is 0. The maximum Gasteiger partial charge on any atom is -0.0691 e. The van der Waals surface area contributed by atoms with Gasteiger partial charge in [-0.2, -0.15) is 12.6 Å². The molecule has 0 radical (unpaired) electrons. The van der Waals surface area contributed by atoms with Crippen LogP contribution in [0.5, 0.6) is 0 Å². The molecule has 0 saturated heterocycles. The molecule has 0 aliphatic heterocycles. The topological polar surface area (TPSA) is 59.6 Å². The second-order valence-corrected chi connectivity index (χ2v) is 1.33. The van der Waals surface area contributed by atoms with E-state index in [1.54, 1.807) is 0 Å². The van der Waals surface area contributed by atoms with Crippen molar-refractivity contribution >= 4 is 12.6 Å². The largest absolute Gasteiger partial charge is 0.844 e. The van der Waals surface area contributed by atoms with Crippen molar-refractivity contribution < 1.29 is 5.11 Å². The lowest BCUT2D eigenvalue weighted by atomic mass is 10.9. The molecule has 0 aromatic rings. The van der Waals surface area contributed by atoms with Crippen LogP contribution in [-0.4, -0.2) is 5.44 Å². The molecule has 0 saturated carbocycles. The average Bonchev–Trinajstić information content (AvgIpc) is 0.811. The van der Waals surface area contributed by atoms with Crippen molar-refractivity contribution in [2.75, 3.05) is 0 Å². The van der Waals surface area contributed by atoms with Gasteiger partial charge in [-0.25, -0.2) is 0 Å². The van der Waals surface area contributed by atoms with Crippen molar-refractivity contribution in [3.8, 4) is 0 Å². The van der Waals surface area contributed by atoms with Crippen LogP contribution in [0.3, 0.4) is 0 Å². The number of hydrogen-bond acceptors (Lipinski definition) is 2. The highest BCUT2D eigenvalue weighted by molar-refractivity contribution is 7.80. The summed E-state index contributed by atoms with van der Waals surface area (Å²) >= 11 is 3.41. The first kappa shape index (κ1) is 8.99. The summed E-state index contributed by atoms with van der Waals surface area (Å²) in [6.45, 7) is 1.48. The van der Waals surface area contributed by atoms with Gasteiger partial charge in [-0.3, -0.25) is 0 Å². The SMILES string of the molecule is CC([O-])S.[NH4+]. The Balaban J connectivity index is 0. The van der Waals surface area contributed by atoms with Crippen LogP contribution in [0.2, 0.25) is 0 Å². The molecule has 0 aromatic carbocycles. The normalized spacial score (nSPS) is 12.6. The van der Waals surface area contributed by atoms with Gasteiger partial charge in [0.2, 0.25) is 0 Å². The predicted octanol–water partition coefficient (Wildman–Crippen LogP) is -0.00130. The van der Waals surface area contributed by atoms with Gasteiger partial charge in [0.1, 0.15) is 0 Å². The Hall–Kier alpha value is 0.270. The van der Waals surface area contributed by atoms with E-state index in [1.165, 1.54) is 6.92 Å². The number of thiol groups is 1. The summed E-state index contributed by atoms with van der Waals surface area (Å²) < 4.78 is 0. The van der Waals surface area contributed by atoms with Crippen molar-refractivity contribution in [1.82, 2.24) is 6.15 Å². The zero-order valence-electron chi connectivity index (χ0n) is 3.43. The van der Waals surface area contributed by atoms with Gasteiger partial charge in [0, 0.05) is 0 Å². The lowest BCUT2D eigenvalue weighted by Crippen LogP contribution is -2.10. The van der Waals surface area contributed by atoms with Gasteiger partial charge in [-0.1, -0.05) is 12.4 Å². The summed E-state index contributed by atoms with van der Waals surface area (Å²) in [5, 5.41) is 9.39. The van der Waals surface area contributed by atoms with Crippen LogP contribution < -0.4 is 11.3 Å². The Bertz CT molecular complexity index is 14.4. The van der Waals surface area contributed by atoms with Crippen molar-refractivity contribution in [1.29, 1.82) is 0 Å². The number of rotatable bonds is 0. The fraction of sp³-hybridized carbons (Fsp3) is 1.00. The van der Waals surface area contributed by atoms with E-state index in [-0.39, 0.29) is 6.15 Å². The summed E-state index contributed by atoms with van der Waals surface area (Å²) in [6, 6.07) is 0. The monoisotopic (exact) mass is 95.0 g/mol. The quantitative estimate of drug-likeness (QED) is 0.323. The van der Waals surface area contributed by atoms with Crippen LogP contribution in [0, 0.1) is 0 Å². The third kappa shape index (κ3) is 302. The van der Waals surface area contributed by atoms with Gasteiger partial charge in [0.15, 0.2) is 0 Å². The molecule has 0 rings (SSSR count). The van der Waals surface area contributed by atoms with Gasteiger partial charge < -0.3 is 11.3 Å². The zero-order valence-corrected chi connectivity index (χ0v) is 4.33. The molecule has 1 unspecified atom stereocenters. The molecule has 0 bridgehead atoms. The lowest BCUT2D eigenvalue weighted by Gasteiger charge is -2.01. The summed E-state index contributed by atoms with van der Waals surface area (Å²) in [7, 11) is 0. The highest BCUT2D eigenvalue weighted by Gasteiger charge is 1.54. The van der Waals surface area contributed by atoms with Crippen molar-refractivity contribution in [3.05, 3.63) is 0 Å². The second kappa shape index (κ2) is 4.27. The summed E-state index contributed by atoms with van der Waals surface area (Å²) in [6.07, 6.45) is 0. The third-order valence-corrected chi connectivity index (χ3v) is 0. The smallest absolute Gasteiger partial charge is 0.0691 e. The average molecular weight is 95.2 g/mol. The molecule has 0 heterocycles. The Labute approximate surface area is 37.2 Å². The maximum absolute atomic E-state index is 9.39. The molecule has 2 nitrogen and oxygen atoms in total. The molecule has 0 aliphatic rings. The summed E-state index contributed by atoms with van der Waals surface area (Å²) in [5.41, 5.74) is -0.722. The molecule has 4 N–H and O–H groups in total. The molecular formula is C2H9NOS. The van der Waals surface area contributed by atoms with E-state index in [2.05, 4.69) is 12.6 Å².